The first-order chi connectivity index (χ1) is 14.2. The van der Waals surface area contributed by atoms with Gasteiger partial charge in [-0.15, -0.1) is 0 Å². The van der Waals surface area contributed by atoms with E-state index in [0.717, 1.165) is 17.0 Å². The zero-order valence-corrected chi connectivity index (χ0v) is 18.5. The summed E-state index contributed by atoms with van der Waals surface area (Å²) in [6.45, 7) is 3.67. The van der Waals surface area contributed by atoms with Gasteiger partial charge in [0, 0.05) is 23.0 Å². The minimum Gasteiger partial charge on any atom is -0.297 e. The molecule has 0 radical (unpaired) electrons. The largest absolute Gasteiger partial charge is 0.297 e. The molecule has 0 amide bonds. The molecule has 1 aliphatic heterocycles. The van der Waals surface area contributed by atoms with Crippen LogP contribution in [0.1, 0.15) is 92.7 Å². The molecule has 1 saturated heterocycles. The molecule has 2 saturated carbocycles. The maximum atomic E-state index is 6.77. The van der Waals surface area contributed by atoms with Gasteiger partial charge >= 0.3 is 0 Å². The Balaban J connectivity index is 1.22. The van der Waals surface area contributed by atoms with Crippen LogP contribution < -0.4 is 0 Å². The van der Waals surface area contributed by atoms with E-state index in [4.69, 9.17) is 11.6 Å². The van der Waals surface area contributed by atoms with Crippen LogP contribution in [0.5, 0.6) is 0 Å². The van der Waals surface area contributed by atoms with Crippen molar-refractivity contribution in [2.75, 3.05) is 6.54 Å². The summed E-state index contributed by atoms with van der Waals surface area (Å²) in [6.07, 6.45) is 10.6. The van der Waals surface area contributed by atoms with Crippen LogP contribution in [-0.4, -0.2) is 23.5 Å². The van der Waals surface area contributed by atoms with Gasteiger partial charge in [-0.3, -0.25) is 4.90 Å². The average molecular weight is 408 g/mol. The van der Waals surface area contributed by atoms with Crippen molar-refractivity contribution in [1.82, 2.24) is 4.90 Å². The summed E-state index contributed by atoms with van der Waals surface area (Å²) in [5.74, 6) is 2.10. The number of halogens is 1. The highest BCUT2D eigenvalue weighted by molar-refractivity contribution is 6.31. The van der Waals surface area contributed by atoms with Gasteiger partial charge in [-0.25, -0.2) is 0 Å². The van der Waals surface area contributed by atoms with Gasteiger partial charge in [0.05, 0.1) is 0 Å². The first kappa shape index (κ1) is 19.6. The molecule has 1 nitrogen and oxygen atoms in total. The molecule has 2 aromatic rings. The van der Waals surface area contributed by atoms with E-state index < -0.39 is 0 Å². The summed E-state index contributed by atoms with van der Waals surface area (Å²) in [4.78, 5) is 2.78. The third-order valence-electron chi connectivity index (χ3n) is 7.88. The van der Waals surface area contributed by atoms with Gasteiger partial charge in [0.1, 0.15) is 0 Å². The minimum absolute atomic E-state index is 0.668. The molecule has 0 bridgehead atoms. The summed E-state index contributed by atoms with van der Waals surface area (Å²) >= 11 is 6.77. The predicted molar refractivity (Wildman–Crippen MR) is 123 cm³/mol. The summed E-state index contributed by atoms with van der Waals surface area (Å²) < 4.78 is 0. The number of nitrogens with zero attached hydrogens (tertiary/aromatic N) is 1. The zero-order valence-electron chi connectivity index (χ0n) is 17.7. The summed E-state index contributed by atoms with van der Waals surface area (Å²) in [5, 5.41) is 1.02. The number of hydrogen-bond donors (Lipinski definition) is 0. The fraction of sp³-hybridized carbons (Fsp3) is 0.556. The first-order valence-electron chi connectivity index (χ1n) is 11.8. The van der Waals surface area contributed by atoms with Crippen LogP contribution in [-0.2, 0) is 0 Å². The van der Waals surface area contributed by atoms with E-state index in [1.165, 1.54) is 74.6 Å². The van der Waals surface area contributed by atoms with Gasteiger partial charge in [-0.2, -0.15) is 0 Å². The van der Waals surface area contributed by atoms with Gasteiger partial charge in [0.15, 0.2) is 0 Å². The Hall–Kier alpha value is -1.31. The molecule has 4 unspecified atom stereocenters. The maximum absolute atomic E-state index is 6.77. The van der Waals surface area contributed by atoms with Crippen molar-refractivity contribution in [2.45, 2.75) is 88.1 Å². The van der Waals surface area contributed by atoms with E-state index in [9.17, 15) is 0 Å². The second-order valence-corrected chi connectivity index (χ2v) is 10.2. The quantitative estimate of drug-likeness (QED) is 0.506. The van der Waals surface area contributed by atoms with Gasteiger partial charge in [0.2, 0.25) is 0 Å². The molecule has 2 aliphatic carbocycles. The van der Waals surface area contributed by atoms with E-state index in [2.05, 4.69) is 60.4 Å². The molecule has 4 atom stereocenters. The van der Waals surface area contributed by atoms with Crippen molar-refractivity contribution in [3.05, 3.63) is 70.2 Å². The molecule has 5 rings (SSSR count). The van der Waals surface area contributed by atoms with Crippen LogP contribution in [0.25, 0.3) is 0 Å². The molecule has 2 aromatic carbocycles. The van der Waals surface area contributed by atoms with Crippen LogP contribution in [0, 0.1) is 0 Å². The topological polar surface area (TPSA) is 3.24 Å². The molecule has 154 valence electrons. The van der Waals surface area contributed by atoms with Crippen molar-refractivity contribution in [2.24, 2.45) is 0 Å². The third-order valence-corrected chi connectivity index (χ3v) is 8.21. The fourth-order valence-corrected chi connectivity index (χ4v) is 6.48. The Morgan fingerprint density at radius 2 is 1.62 bits per heavy atom. The molecule has 0 spiro atoms. The molecule has 0 aromatic heterocycles. The van der Waals surface area contributed by atoms with Crippen LogP contribution in [0.2, 0.25) is 5.02 Å². The van der Waals surface area contributed by atoms with Crippen LogP contribution in [0.3, 0.4) is 0 Å². The minimum atomic E-state index is 0.668. The summed E-state index contributed by atoms with van der Waals surface area (Å²) in [5.41, 5.74) is 4.40. The highest BCUT2D eigenvalue weighted by Gasteiger charge is 2.45. The van der Waals surface area contributed by atoms with Gasteiger partial charge in [-0.05, 0) is 80.2 Å². The van der Waals surface area contributed by atoms with Crippen LogP contribution in [0.4, 0.5) is 0 Å². The lowest BCUT2D eigenvalue weighted by Crippen LogP contribution is -2.42. The Morgan fingerprint density at radius 3 is 2.34 bits per heavy atom. The van der Waals surface area contributed by atoms with E-state index in [0.29, 0.717) is 17.9 Å². The second kappa shape index (κ2) is 8.44. The monoisotopic (exact) mass is 407 g/mol. The van der Waals surface area contributed by atoms with Crippen molar-refractivity contribution >= 4 is 11.6 Å². The lowest BCUT2D eigenvalue weighted by Gasteiger charge is -2.38. The molecule has 3 fully saturated rings. The smallest absolute Gasteiger partial charge is 0.0443 e. The number of likely N-dealkylation sites (tertiary alicyclic amines) is 1. The number of hydrogen-bond acceptors (Lipinski definition) is 1. The van der Waals surface area contributed by atoms with Gasteiger partial charge in [-0.1, -0.05) is 73.3 Å². The van der Waals surface area contributed by atoms with Crippen molar-refractivity contribution in [3.63, 3.8) is 0 Å². The molecular weight excluding hydrogens is 374 g/mol. The van der Waals surface area contributed by atoms with E-state index >= 15 is 0 Å². The zero-order chi connectivity index (χ0) is 19.8. The molecule has 1 heterocycles. The summed E-state index contributed by atoms with van der Waals surface area (Å²) in [7, 11) is 0. The van der Waals surface area contributed by atoms with Crippen LogP contribution >= 0.6 is 11.6 Å². The standard InChI is InChI=1S/C27H34ClN/c1-19-16-22(20-8-4-2-5-9-20)14-15-29(19)27-18-25(27)23-12-13-24(26(28)17-23)21-10-6-3-7-11-21/h2,4-5,8-9,12-13,17,19,21-22,25,27H,3,6-7,10-11,14-16,18H2,1H3. The highest BCUT2D eigenvalue weighted by atomic mass is 35.5. The summed E-state index contributed by atoms with van der Waals surface area (Å²) in [6, 6.07) is 19.5. The number of piperidine rings is 1. The van der Waals surface area contributed by atoms with Crippen molar-refractivity contribution in [1.29, 1.82) is 0 Å². The highest BCUT2D eigenvalue weighted by Crippen LogP contribution is 2.49. The van der Waals surface area contributed by atoms with E-state index in [1.807, 2.05) is 0 Å². The van der Waals surface area contributed by atoms with E-state index in [1.54, 1.807) is 0 Å². The number of benzene rings is 2. The molecular formula is C27H34ClN. The SMILES string of the molecule is CC1CC(c2ccccc2)CCN1C1CC1c1ccc(C2CCCCC2)c(Cl)c1. The van der Waals surface area contributed by atoms with E-state index in [-0.39, 0.29) is 0 Å². The van der Waals surface area contributed by atoms with Gasteiger partial charge in [0.25, 0.3) is 0 Å². The third kappa shape index (κ3) is 4.14. The normalized spacial score (nSPS) is 31.0. The Bertz CT molecular complexity index is 826. The predicted octanol–water partition coefficient (Wildman–Crippen LogP) is 7.51. The molecule has 3 aliphatic rings. The lowest BCUT2D eigenvalue weighted by atomic mass is 9.83. The molecule has 2 heteroatoms. The Labute approximate surface area is 181 Å². The fourth-order valence-electron chi connectivity index (χ4n) is 6.14. The van der Waals surface area contributed by atoms with Gasteiger partial charge < -0.3 is 0 Å². The molecule has 29 heavy (non-hydrogen) atoms. The Kier molecular flexibility index (Phi) is 5.71. The van der Waals surface area contributed by atoms with Crippen LogP contribution in [0.15, 0.2) is 48.5 Å². The molecule has 0 N–H and O–H groups in total. The van der Waals surface area contributed by atoms with Crippen molar-refractivity contribution < 1.29 is 0 Å². The average Bonchev–Trinajstić information content (AvgIpc) is 3.55. The maximum Gasteiger partial charge on any atom is 0.0443 e. The number of rotatable bonds is 4. The first-order valence-corrected chi connectivity index (χ1v) is 12.2. The van der Waals surface area contributed by atoms with Crippen molar-refractivity contribution in [3.8, 4) is 0 Å². The lowest BCUT2D eigenvalue weighted by molar-refractivity contribution is 0.135. The second-order valence-electron chi connectivity index (χ2n) is 9.74. The Morgan fingerprint density at radius 1 is 0.828 bits per heavy atom.